The lowest BCUT2D eigenvalue weighted by atomic mass is 9.97. The number of nitrogens with one attached hydrogen (secondary N) is 1. The van der Waals surface area contributed by atoms with Gasteiger partial charge in [0.05, 0.1) is 6.42 Å². The number of aliphatic carboxylic acids is 1. The van der Waals surface area contributed by atoms with Crippen LogP contribution in [0.3, 0.4) is 0 Å². The summed E-state index contributed by atoms with van der Waals surface area (Å²) in [6.45, 7) is 1.93. The fourth-order valence-electron chi connectivity index (χ4n) is 1.87. The van der Waals surface area contributed by atoms with Gasteiger partial charge in [-0.2, -0.15) is 0 Å². The van der Waals surface area contributed by atoms with Crippen LogP contribution in [0.15, 0.2) is 30.5 Å². The zero-order valence-electron chi connectivity index (χ0n) is 8.53. The maximum absolute atomic E-state index is 10.6. The molecule has 0 saturated carbocycles. The smallest absolute Gasteiger partial charge is 0.303 e. The number of hydrogen-bond acceptors (Lipinski definition) is 1. The third-order valence-corrected chi connectivity index (χ3v) is 2.63. The molecule has 78 valence electrons. The van der Waals surface area contributed by atoms with Crippen LogP contribution in [-0.2, 0) is 4.79 Å². The van der Waals surface area contributed by atoms with Crippen molar-refractivity contribution in [2.45, 2.75) is 19.3 Å². The largest absolute Gasteiger partial charge is 0.481 e. The number of carbonyl (C=O) groups is 1. The highest BCUT2D eigenvalue weighted by atomic mass is 16.4. The average molecular weight is 203 g/mol. The van der Waals surface area contributed by atoms with E-state index in [2.05, 4.69) is 4.98 Å². The van der Waals surface area contributed by atoms with Crippen molar-refractivity contribution in [3.63, 3.8) is 0 Å². The molecule has 0 aliphatic rings. The summed E-state index contributed by atoms with van der Waals surface area (Å²) in [5.41, 5.74) is 2.14. The van der Waals surface area contributed by atoms with Gasteiger partial charge in [-0.1, -0.05) is 25.1 Å². The molecule has 0 amide bonds. The van der Waals surface area contributed by atoms with Crippen LogP contribution in [0.2, 0.25) is 0 Å². The first-order chi connectivity index (χ1) is 7.18. The van der Waals surface area contributed by atoms with E-state index >= 15 is 0 Å². The molecule has 0 fully saturated rings. The van der Waals surface area contributed by atoms with Gasteiger partial charge >= 0.3 is 5.97 Å². The van der Waals surface area contributed by atoms with Crippen molar-refractivity contribution < 1.29 is 9.90 Å². The lowest BCUT2D eigenvalue weighted by Crippen LogP contribution is -2.02. The Hall–Kier alpha value is -1.77. The summed E-state index contributed by atoms with van der Waals surface area (Å²) < 4.78 is 0. The van der Waals surface area contributed by atoms with E-state index < -0.39 is 5.97 Å². The second kappa shape index (κ2) is 3.77. The van der Waals surface area contributed by atoms with Crippen LogP contribution in [0.1, 0.15) is 24.8 Å². The van der Waals surface area contributed by atoms with Gasteiger partial charge in [-0.15, -0.1) is 0 Å². The predicted octanol–water partition coefficient (Wildman–Crippen LogP) is 2.75. The fourth-order valence-corrected chi connectivity index (χ4v) is 1.87. The summed E-state index contributed by atoms with van der Waals surface area (Å²) in [6.07, 6.45) is 2.07. The molecule has 1 atom stereocenters. The van der Waals surface area contributed by atoms with Crippen molar-refractivity contribution in [2.75, 3.05) is 0 Å². The van der Waals surface area contributed by atoms with Gasteiger partial charge in [0.1, 0.15) is 0 Å². The van der Waals surface area contributed by atoms with E-state index in [1.54, 1.807) is 0 Å². The first-order valence-electron chi connectivity index (χ1n) is 4.96. The molecule has 2 rings (SSSR count). The van der Waals surface area contributed by atoms with Crippen LogP contribution in [0.25, 0.3) is 10.9 Å². The number of rotatable bonds is 3. The standard InChI is InChI=1S/C12H13NO2/c1-8(6-12(14)15)10-7-13-11-5-3-2-4-9(10)11/h2-5,7-8,13H,6H2,1H3,(H,14,15)/t8-/m1/s1. The second-order valence-corrected chi connectivity index (χ2v) is 3.79. The molecule has 0 spiro atoms. The van der Waals surface area contributed by atoms with Gasteiger partial charge in [-0.25, -0.2) is 0 Å². The number of hydrogen-bond donors (Lipinski definition) is 2. The van der Waals surface area contributed by atoms with Crippen molar-refractivity contribution in [1.29, 1.82) is 0 Å². The molecule has 1 aromatic carbocycles. The number of aromatic amines is 1. The van der Waals surface area contributed by atoms with E-state index in [1.807, 2.05) is 37.4 Å². The molecule has 0 unspecified atom stereocenters. The lowest BCUT2D eigenvalue weighted by Gasteiger charge is -2.06. The van der Waals surface area contributed by atoms with Crippen LogP contribution in [0, 0.1) is 0 Å². The molecule has 3 heteroatoms. The first-order valence-corrected chi connectivity index (χ1v) is 4.96. The van der Waals surface area contributed by atoms with E-state index in [0.717, 1.165) is 16.5 Å². The summed E-state index contributed by atoms with van der Waals surface area (Å²) in [5, 5.41) is 9.86. The Morgan fingerprint density at radius 2 is 2.20 bits per heavy atom. The van der Waals surface area contributed by atoms with Crippen molar-refractivity contribution >= 4 is 16.9 Å². The molecule has 0 bridgehead atoms. The van der Waals surface area contributed by atoms with E-state index in [4.69, 9.17) is 5.11 Å². The van der Waals surface area contributed by atoms with Gasteiger partial charge in [-0.3, -0.25) is 4.79 Å². The van der Waals surface area contributed by atoms with Gasteiger partial charge < -0.3 is 10.1 Å². The van der Waals surface area contributed by atoms with Crippen molar-refractivity contribution in [1.82, 2.24) is 4.98 Å². The minimum absolute atomic E-state index is 0.0404. The Labute approximate surface area is 87.7 Å². The van der Waals surface area contributed by atoms with Crippen molar-refractivity contribution in [2.24, 2.45) is 0 Å². The predicted molar refractivity (Wildman–Crippen MR) is 59.0 cm³/mol. The molecule has 15 heavy (non-hydrogen) atoms. The minimum atomic E-state index is -0.757. The van der Waals surface area contributed by atoms with E-state index in [1.165, 1.54) is 0 Å². The molecule has 2 aromatic rings. The van der Waals surface area contributed by atoms with Crippen molar-refractivity contribution in [3.05, 3.63) is 36.0 Å². The Morgan fingerprint density at radius 3 is 2.93 bits per heavy atom. The number of H-pyrrole nitrogens is 1. The zero-order valence-corrected chi connectivity index (χ0v) is 8.53. The summed E-state index contributed by atoms with van der Waals surface area (Å²) in [4.78, 5) is 13.8. The van der Waals surface area contributed by atoms with Crippen molar-refractivity contribution in [3.8, 4) is 0 Å². The summed E-state index contributed by atoms with van der Waals surface area (Å²) >= 11 is 0. The molecule has 1 heterocycles. The lowest BCUT2D eigenvalue weighted by molar-refractivity contribution is -0.137. The summed E-state index contributed by atoms with van der Waals surface area (Å²) in [7, 11) is 0. The molecule has 0 aliphatic carbocycles. The number of para-hydroxylation sites is 1. The highest BCUT2D eigenvalue weighted by Gasteiger charge is 2.13. The summed E-state index contributed by atoms with van der Waals surface area (Å²) in [6, 6.07) is 7.93. The van der Waals surface area contributed by atoms with Crippen LogP contribution >= 0.6 is 0 Å². The van der Waals surface area contributed by atoms with Gasteiger partial charge in [0.15, 0.2) is 0 Å². The Kier molecular flexibility index (Phi) is 2.46. The molecular weight excluding hydrogens is 190 g/mol. The van der Waals surface area contributed by atoms with Crippen LogP contribution in [-0.4, -0.2) is 16.1 Å². The van der Waals surface area contributed by atoms with Gasteiger partial charge in [0.25, 0.3) is 0 Å². The third kappa shape index (κ3) is 1.86. The molecule has 0 aliphatic heterocycles. The highest BCUT2D eigenvalue weighted by Crippen LogP contribution is 2.27. The third-order valence-electron chi connectivity index (χ3n) is 2.63. The molecule has 2 N–H and O–H groups in total. The quantitative estimate of drug-likeness (QED) is 0.805. The Balaban J connectivity index is 2.39. The second-order valence-electron chi connectivity index (χ2n) is 3.79. The van der Waals surface area contributed by atoms with Crippen LogP contribution in [0.4, 0.5) is 0 Å². The zero-order chi connectivity index (χ0) is 10.8. The van der Waals surface area contributed by atoms with Gasteiger partial charge in [0, 0.05) is 17.1 Å². The first kappa shape index (κ1) is 9.77. The normalized spacial score (nSPS) is 12.9. The van der Waals surface area contributed by atoms with Crippen LogP contribution < -0.4 is 0 Å². The number of carboxylic acids is 1. The number of carboxylic acid groups (broad SMARTS) is 1. The molecule has 0 radical (unpaired) electrons. The highest BCUT2D eigenvalue weighted by molar-refractivity contribution is 5.84. The van der Waals surface area contributed by atoms with Crippen LogP contribution in [0.5, 0.6) is 0 Å². The monoisotopic (exact) mass is 203 g/mol. The van der Waals surface area contributed by atoms with Gasteiger partial charge in [-0.05, 0) is 17.5 Å². The van der Waals surface area contributed by atoms with E-state index in [-0.39, 0.29) is 12.3 Å². The topological polar surface area (TPSA) is 53.1 Å². The SMILES string of the molecule is C[C@H](CC(=O)O)c1c[nH]c2ccccc12. The molecular formula is C12H13NO2. The fraction of sp³-hybridized carbons (Fsp3) is 0.250. The molecule has 3 nitrogen and oxygen atoms in total. The van der Waals surface area contributed by atoms with E-state index in [0.29, 0.717) is 0 Å². The minimum Gasteiger partial charge on any atom is -0.481 e. The average Bonchev–Trinajstić information content (AvgIpc) is 2.59. The maximum atomic E-state index is 10.6. The van der Waals surface area contributed by atoms with E-state index in [9.17, 15) is 4.79 Å². The number of aromatic nitrogens is 1. The molecule has 1 aromatic heterocycles. The Bertz CT molecular complexity index is 487. The maximum Gasteiger partial charge on any atom is 0.303 e. The molecule has 0 saturated heterocycles. The number of benzene rings is 1. The number of fused-ring (bicyclic) bond motifs is 1. The summed E-state index contributed by atoms with van der Waals surface area (Å²) in [5.74, 6) is -0.716. The Morgan fingerprint density at radius 1 is 1.47 bits per heavy atom. The van der Waals surface area contributed by atoms with Gasteiger partial charge in [0.2, 0.25) is 0 Å².